The first-order valence-electron chi connectivity index (χ1n) is 9.14. The highest BCUT2D eigenvalue weighted by atomic mass is 16.5. The quantitative estimate of drug-likeness (QED) is 0.700. The molecule has 1 atom stereocenters. The normalized spacial score (nSPS) is 16.9. The predicted molar refractivity (Wildman–Crippen MR) is 103 cm³/mol. The number of pyridine rings is 1. The third kappa shape index (κ3) is 2.76. The number of fused-ring (bicyclic) bond motifs is 2. The number of anilines is 1. The minimum absolute atomic E-state index is 0.563. The molecule has 0 N–H and O–H groups in total. The minimum Gasteiger partial charge on any atom is -0.493 e. The van der Waals surface area contributed by atoms with Crippen molar-refractivity contribution in [3.63, 3.8) is 0 Å². The summed E-state index contributed by atoms with van der Waals surface area (Å²) in [5, 5.41) is 0. The van der Waals surface area contributed by atoms with E-state index in [2.05, 4.69) is 48.5 Å². The van der Waals surface area contributed by atoms with Crippen LogP contribution >= 0.6 is 0 Å². The van der Waals surface area contributed by atoms with Gasteiger partial charge in [0.05, 0.1) is 12.3 Å². The molecule has 0 bridgehead atoms. The van der Waals surface area contributed by atoms with Crippen molar-refractivity contribution >= 4 is 11.3 Å². The Morgan fingerprint density at radius 1 is 1.24 bits per heavy atom. The SMILES string of the molecule is CCCOc1c(-c2cn3ccccc3n2)ccc2c1CCC(C)N2C. The van der Waals surface area contributed by atoms with E-state index in [1.165, 1.54) is 11.3 Å². The molecule has 4 nitrogen and oxygen atoms in total. The van der Waals surface area contributed by atoms with Gasteiger partial charge in [-0.2, -0.15) is 0 Å². The highest BCUT2D eigenvalue weighted by molar-refractivity contribution is 5.77. The molecule has 25 heavy (non-hydrogen) atoms. The van der Waals surface area contributed by atoms with Crippen LogP contribution in [-0.4, -0.2) is 29.1 Å². The molecule has 3 heterocycles. The van der Waals surface area contributed by atoms with E-state index < -0.39 is 0 Å². The molecule has 3 aromatic rings. The van der Waals surface area contributed by atoms with Crippen LogP contribution in [0.25, 0.3) is 16.9 Å². The van der Waals surface area contributed by atoms with E-state index in [-0.39, 0.29) is 0 Å². The zero-order valence-electron chi connectivity index (χ0n) is 15.2. The maximum absolute atomic E-state index is 6.24. The maximum Gasteiger partial charge on any atom is 0.137 e. The van der Waals surface area contributed by atoms with Gasteiger partial charge in [-0.25, -0.2) is 4.98 Å². The lowest BCUT2D eigenvalue weighted by Crippen LogP contribution is -2.33. The Kier molecular flexibility index (Phi) is 4.12. The summed E-state index contributed by atoms with van der Waals surface area (Å²) in [6.45, 7) is 5.16. The van der Waals surface area contributed by atoms with Gasteiger partial charge in [0, 0.05) is 42.3 Å². The van der Waals surface area contributed by atoms with Gasteiger partial charge in [-0.1, -0.05) is 13.0 Å². The molecule has 130 valence electrons. The molecule has 0 fully saturated rings. The van der Waals surface area contributed by atoms with Crippen LogP contribution < -0.4 is 9.64 Å². The van der Waals surface area contributed by atoms with Gasteiger partial charge >= 0.3 is 0 Å². The Morgan fingerprint density at radius 3 is 2.92 bits per heavy atom. The number of imidazole rings is 1. The molecule has 0 saturated heterocycles. The van der Waals surface area contributed by atoms with Crippen LogP contribution in [0.5, 0.6) is 5.75 Å². The van der Waals surface area contributed by atoms with E-state index in [0.29, 0.717) is 6.04 Å². The van der Waals surface area contributed by atoms with Gasteiger partial charge in [-0.3, -0.25) is 0 Å². The summed E-state index contributed by atoms with van der Waals surface area (Å²) >= 11 is 0. The molecule has 1 aliphatic rings. The van der Waals surface area contributed by atoms with Gasteiger partial charge in [0.25, 0.3) is 0 Å². The molecule has 4 heteroatoms. The third-order valence-electron chi connectivity index (χ3n) is 5.18. The number of aromatic nitrogens is 2. The maximum atomic E-state index is 6.24. The molecule has 0 saturated carbocycles. The second-order valence-corrected chi connectivity index (χ2v) is 6.88. The summed E-state index contributed by atoms with van der Waals surface area (Å²) in [7, 11) is 2.18. The molecule has 0 amide bonds. The molecule has 1 aliphatic heterocycles. The molecular formula is C21H25N3O. The Bertz CT molecular complexity index is 866. The number of rotatable bonds is 4. The smallest absolute Gasteiger partial charge is 0.137 e. The molecule has 0 aliphatic carbocycles. The van der Waals surface area contributed by atoms with E-state index in [1.807, 2.05) is 24.4 Å². The van der Waals surface area contributed by atoms with E-state index in [1.54, 1.807) is 0 Å². The third-order valence-corrected chi connectivity index (χ3v) is 5.18. The Labute approximate surface area is 149 Å². The van der Waals surface area contributed by atoms with Crippen LogP contribution in [0.1, 0.15) is 32.3 Å². The van der Waals surface area contributed by atoms with Crippen LogP contribution in [0.3, 0.4) is 0 Å². The lowest BCUT2D eigenvalue weighted by atomic mass is 9.93. The van der Waals surface area contributed by atoms with Crippen LogP contribution in [0.4, 0.5) is 5.69 Å². The second-order valence-electron chi connectivity index (χ2n) is 6.88. The fraction of sp³-hybridized carbons (Fsp3) is 0.381. The average molecular weight is 335 g/mol. The molecule has 0 spiro atoms. The fourth-order valence-corrected chi connectivity index (χ4v) is 3.61. The van der Waals surface area contributed by atoms with Crippen LogP contribution in [0.15, 0.2) is 42.7 Å². The van der Waals surface area contributed by atoms with Gasteiger partial charge < -0.3 is 14.0 Å². The molecule has 0 radical (unpaired) electrons. The standard InChI is InChI=1S/C21H25N3O/c1-4-13-25-21-16(18-14-24-12-6-5-7-20(24)22-18)10-11-19-17(21)9-8-15(2)23(19)3/h5-7,10-12,14-15H,4,8-9,13H2,1-3H3. The summed E-state index contributed by atoms with van der Waals surface area (Å²) < 4.78 is 8.30. The Hall–Kier alpha value is -2.49. The van der Waals surface area contributed by atoms with Crippen LogP contribution in [0.2, 0.25) is 0 Å². The molecule has 4 rings (SSSR count). The highest BCUT2D eigenvalue weighted by Gasteiger charge is 2.25. The van der Waals surface area contributed by atoms with Crippen molar-refractivity contribution in [3.05, 3.63) is 48.3 Å². The number of hydrogen-bond acceptors (Lipinski definition) is 3. The average Bonchev–Trinajstić information content (AvgIpc) is 3.06. The molecule has 1 unspecified atom stereocenters. The van der Waals surface area contributed by atoms with Crippen molar-refractivity contribution in [2.24, 2.45) is 0 Å². The molecule has 1 aromatic carbocycles. The van der Waals surface area contributed by atoms with Crippen LogP contribution in [0, 0.1) is 0 Å². The van der Waals surface area contributed by atoms with E-state index in [9.17, 15) is 0 Å². The van der Waals surface area contributed by atoms with Crippen molar-refractivity contribution in [1.82, 2.24) is 9.38 Å². The summed E-state index contributed by atoms with van der Waals surface area (Å²) in [6.07, 6.45) is 7.33. The Morgan fingerprint density at radius 2 is 2.12 bits per heavy atom. The topological polar surface area (TPSA) is 29.8 Å². The summed E-state index contributed by atoms with van der Waals surface area (Å²) in [5.41, 5.74) is 5.64. The summed E-state index contributed by atoms with van der Waals surface area (Å²) in [5.74, 6) is 1.02. The number of ether oxygens (including phenoxy) is 1. The first-order valence-corrected chi connectivity index (χ1v) is 9.14. The number of nitrogens with zero attached hydrogens (tertiary/aromatic N) is 3. The van der Waals surface area contributed by atoms with E-state index in [0.717, 1.165) is 48.5 Å². The van der Waals surface area contributed by atoms with Crippen molar-refractivity contribution in [2.75, 3.05) is 18.6 Å². The zero-order valence-corrected chi connectivity index (χ0v) is 15.2. The number of benzene rings is 1. The summed E-state index contributed by atoms with van der Waals surface area (Å²) in [6, 6.07) is 11.0. The van der Waals surface area contributed by atoms with E-state index >= 15 is 0 Å². The second kappa shape index (κ2) is 6.43. The fourth-order valence-electron chi connectivity index (χ4n) is 3.61. The predicted octanol–water partition coefficient (Wildman–Crippen LogP) is 4.56. The van der Waals surface area contributed by atoms with Crippen molar-refractivity contribution in [1.29, 1.82) is 0 Å². The van der Waals surface area contributed by atoms with Crippen molar-refractivity contribution < 1.29 is 4.74 Å². The van der Waals surface area contributed by atoms with E-state index in [4.69, 9.17) is 9.72 Å². The van der Waals surface area contributed by atoms with Crippen molar-refractivity contribution in [3.8, 4) is 17.0 Å². The van der Waals surface area contributed by atoms with Crippen molar-refractivity contribution in [2.45, 2.75) is 39.2 Å². The first-order chi connectivity index (χ1) is 12.2. The number of hydrogen-bond donors (Lipinski definition) is 0. The van der Waals surface area contributed by atoms with Gasteiger partial charge in [-0.15, -0.1) is 0 Å². The molecular weight excluding hydrogens is 310 g/mol. The Balaban J connectivity index is 1.86. The first kappa shape index (κ1) is 16.0. The summed E-state index contributed by atoms with van der Waals surface area (Å²) in [4.78, 5) is 7.17. The lowest BCUT2D eigenvalue weighted by molar-refractivity contribution is 0.314. The lowest BCUT2D eigenvalue weighted by Gasteiger charge is -2.35. The highest BCUT2D eigenvalue weighted by Crippen LogP contribution is 2.42. The van der Waals surface area contributed by atoms with Gasteiger partial charge in [0.15, 0.2) is 0 Å². The zero-order chi connectivity index (χ0) is 17.4. The van der Waals surface area contributed by atoms with Gasteiger partial charge in [0.1, 0.15) is 11.4 Å². The van der Waals surface area contributed by atoms with Gasteiger partial charge in [-0.05, 0) is 50.5 Å². The van der Waals surface area contributed by atoms with Gasteiger partial charge in [0.2, 0.25) is 0 Å². The largest absolute Gasteiger partial charge is 0.493 e. The molecule has 2 aromatic heterocycles. The monoisotopic (exact) mass is 335 g/mol. The van der Waals surface area contributed by atoms with Crippen LogP contribution in [-0.2, 0) is 6.42 Å². The minimum atomic E-state index is 0.563.